The number of nitrogens with zero attached hydrogens (tertiary/aromatic N) is 4. The number of aromatic nitrogens is 4. The first-order valence-electron chi connectivity index (χ1n) is 10.7. The number of amides is 2. The van der Waals surface area contributed by atoms with Gasteiger partial charge in [-0.3, -0.25) is 9.59 Å². The number of halogens is 1. The van der Waals surface area contributed by atoms with Crippen LogP contribution in [0.2, 0.25) is 5.02 Å². The molecule has 34 heavy (non-hydrogen) atoms. The molecule has 0 atom stereocenters. The molecule has 0 radical (unpaired) electrons. The highest BCUT2D eigenvalue weighted by molar-refractivity contribution is 6.34. The number of carbonyl (C=O) groups excluding carboxylic acids is 2. The van der Waals surface area contributed by atoms with E-state index in [0.29, 0.717) is 29.9 Å². The van der Waals surface area contributed by atoms with E-state index < -0.39 is 17.4 Å². The Kier molecular flexibility index (Phi) is 5.51. The van der Waals surface area contributed by atoms with E-state index in [4.69, 9.17) is 11.6 Å². The lowest BCUT2D eigenvalue weighted by molar-refractivity contribution is -0.131. The van der Waals surface area contributed by atoms with Gasteiger partial charge in [0.1, 0.15) is 5.60 Å². The second-order valence-corrected chi connectivity index (χ2v) is 8.72. The zero-order chi connectivity index (χ0) is 23.9. The number of aryl methyl sites for hydroxylation is 1. The number of hydrogen-bond acceptors (Lipinski definition) is 6. The molecule has 0 aliphatic heterocycles. The molecule has 2 aromatic carbocycles. The van der Waals surface area contributed by atoms with Crippen LogP contribution >= 0.6 is 11.6 Å². The fourth-order valence-electron chi connectivity index (χ4n) is 3.59. The molecule has 0 unspecified atom stereocenters. The largest absolute Gasteiger partial charge is 0.380 e. The van der Waals surface area contributed by atoms with E-state index >= 15 is 0 Å². The normalized spacial score (nSPS) is 14.1. The molecule has 172 valence electrons. The lowest BCUT2D eigenvalue weighted by Gasteiger charge is -2.12. The van der Waals surface area contributed by atoms with E-state index in [1.165, 1.54) is 0 Å². The van der Waals surface area contributed by atoms with Crippen LogP contribution in [-0.2, 0) is 11.3 Å². The molecule has 1 aliphatic rings. The molecule has 10 heteroatoms. The van der Waals surface area contributed by atoms with E-state index in [-0.39, 0.29) is 17.1 Å². The van der Waals surface area contributed by atoms with E-state index in [0.717, 1.165) is 16.6 Å². The first-order chi connectivity index (χ1) is 16.3. The maximum absolute atomic E-state index is 13.1. The van der Waals surface area contributed by atoms with Crippen molar-refractivity contribution in [3.05, 3.63) is 76.6 Å². The lowest BCUT2D eigenvalue weighted by atomic mass is 10.1. The van der Waals surface area contributed by atoms with Crippen LogP contribution in [0, 0.1) is 6.92 Å². The van der Waals surface area contributed by atoms with Gasteiger partial charge in [-0.25, -0.2) is 4.68 Å². The molecule has 2 amide bonds. The average Bonchev–Trinajstić information content (AvgIpc) is 3.44. The third kappa shape index (κ3) is 4.23. The van der Waals surface area contributed by atoms with Crippen molar-refractivity contribution in [1.82, 2.24) is 25.3 Å². The highest BCUT2D eigenvalue weighted by Gasteiger charge is 2.47. The minimum absolute atomic E-state index is 0.179. The Morgan fingerprint density at radius 1 is 1.15 bits per heavy atom. The summed E-state index contributed by atoms with van der Waals surface area (Å²) in [6.45, 7) is 2.04. The molecule has 2 heterocycles. The van der Waals surface area contributed by atoms with Crippen molar-refractivity contribution in [2.75, 3.05) is 5.32 Å². The minimum Gasteiger partial charge on any atom is -0.380 e. The summed E-state index contributed by atoms with van der Waals surface area (Å²) in [4.78, 5) is 25.1. The van der Waals surface area contributed by atoms with Gasteiger partial charge in [0, 0.05) is 11.9 Å². The Labute approximate surface area is 199 Å². The summed E-state index contributed by atoms with van der Waals surface area (Å²) in [5.41, 5.74) is 1.84. The van der Waals surface area contributed by atoms with Crippen LogP contribution in [0.1, 0.15) is 34.5 Å². The Hall–Kier alpha value is -3.82. The first-order valence-corrected chi connectivity index (χ1v) is 11.1. The Morgan fingerprint density at radius 2 is 1.97 bits per heavy atom. The third-order valence-corrected chi connectivity index (χ3v) is 6.07. The second-order valence-electron chi connectivity index (χ2n) is 8.31. The van der Waals surface area contributed by atoms with Gasteiger partial charge < -0.3 is 15.7 Å². The monoisotopic (exact) mass is 476 g/mol. The fraction of sp³-hybridized carbons (Fsp3) is 0.208. The lowest BCUT2D eigenvalue weighted by Crippen LogP contribution is -2.35. The zero-order valence-corrected chi connectivity index (χ0v) is 19.0. The van der Waals surface area contributed by atoms with Crippen molar-refractivity contribution in [3.63, 3.8) is 0 Å². The molecular weight excluding hydrogens is 456 g/mol. The van der Waals surface area contributed by atoms with Crippen molar-refractivity contribution < 1.29 is 14.7 Å². The smallest absolute Gasteiger partial charge is 0.257 e. The molecule has 0 spiro atoms. The molecule has 1 fully saturated rings. The molecule has 9 nitrogen and oxygen atoms in total. The number of rotatable bonds is 6. The van der Waals surface area contributed by atoms with Crippen LogP contribution in [0.25, 0.3) is 16.7 Å². The average molecular weight is 477 g/mol. The summed E-state index contributed by atoms with van der Waals surface area (Å²) in [6, 6.07) is 14.1. The van der Waals surface area contributed by atoms with Crippen molar-refractivity contribution >= 4 is 40.0 Å². The van der Waals surface area contributed by atoms with Crippen LogP contribution < -0.4 is 10.6 Å². The highest BCUT2D eigenvalue weighted by atomic mass is 35.5. The number of anilines is 1. The van der Waals surface area contributed by atoms with E-state index in [1.54, 1.807) is 35.1 Å². The molecule has 0 bridgehead atoms. The molecule has 5 rings (SSSR count). The van der Waals surface area contributed by atoms with Gasteiger partial charge in [-0.05, 0) is 61.7 Å². The summed E-state index contributed by atoms with van der Waals surface area (Å²) in [5, 5.41) is 29.2. The maximum atomic E-state index is 13.1. The minimum atomic E-state index is -1.25. The maximum Gasteiger partial charge on any atom is 0.257 e. The number of nitrogens with one attached hydrogen (secondary N) is 2. The van der Waals surface area contributed by atoms with Crippen molar-refractivity contribution in [1.29, 1.82) is 0 Å². The van der Waals surface area contributed by atoms with E-state index in [1.807, 2.05) is 31.2 Å². The van der Waals surface area contributed by atoms with E-state index in [2.05, 4.69) is 25.9 Å². The predicted molar refractivity (Wildman–Crippen MR) is 127 cm³/mol. The van der Waals surface area contributed by atoms with Crippen LogP contribution in [0.15, 0.2) is 54.7 Å². The summed E-state index contributed by atoms with van der Waals surface area (Å²) < 4.78 is 1.65. The van der Waals surface area contributed by atoms with Crippen LogP contribution in [0.4, 0.5) is 5.69 Å². The highest BCUT2D eigenvalue weighted by Crippen LogP contribution is 2.35. The second kappa shape index (κ2) is 8.51. The topological polar surface area (TPSA) is 122 Å². The summed E-state index contributed by atoms with van der Waals surface area (Å²) in [6.07, 6.45) is 2.58. The number of benzene rings is 2. The van der Waals surface area contributed by atoms with Crippen LogP contribution in [-0.4, -0.2) is 42.5 Å². The fourth-order valence-corrected chi connectivity index (χ4v) is 3.79. The van der Waals surface area contributed by atoms with Crippen molar-refractivity contribution in [3.8, 4) is 5.82 Å². The van der Waals surface area contributed by atoms with Gasteiger partial charge in [0.05, 0.1) is 33.7 Å². The van der Waals surface area contributed by atoms with Crippen LogP contribution in [0.5, 0.6) is 0 Å². The Balaban J connectivity index is 1.37. The molecule has 4 aromatic rings. The number of carbonyl (C=O) groups is 2. The van der Waals surface area contributed by atoms with Gasteiger partial charge in [-0.15, -0.1) is 5.10 Å². The zero-order valence-electron chi connectivity index (χ0n) is 18.2. The standard InChI is InChI=1S/C24H21ClN6O3/c1-14-5-8-21(30-29-14)31-20-4-2-3-19(17(20)13-27-31)28-22(32)16-11-15(6-7-18(16)25)12-26-23(33)24(34)9-10-24/h2-8,11,13,34H,9-10,12H2,1H3,(H,26,33)(H,28,32). The first kappa shape index (κ1) is 22.0. The van der Waals surface area contributed by atoms with Crippen molar-refractivity contribution in [2.24, 2.45) is 0 Å². The quantitative estimate of drug-likeness (QED) is 0.393. The predicted octanol–water partition coefficient (Wildman–Crippen LogP) is 3.17. The van der Waals surface area contributed by atoms with Gasteiger partial charge in [-0.2, -0.15) is 10.2 Å². The van der Waals surface area contributed by atoms with Gasteiger partial charge in [0.15, 0.2) is 5.82 Å². The molecule has 0 saturated heterocycles. The summed E-state index contributed by atoms with van der Waals surface area (Å²) in [7, 11) is 0. The van der Waals surface area contributed by atoms with Crippen molar-refractivity contribution in [2.45, 2.75) is 31.9 Å². The van der Waals surface area contributed by atoms with Gasteiger partial charge in [0.25, 0.3) is 11.8 Å². The van der Waals surface area contributed by atoms with Gasteiger partial charge >= 0.3 is 0 Å². The Morgan fingerprint density at radius 3 is 2.71 bits per heavy atom. The number of fused-ring (bicyclic) bond motifs is 1. The molecule has 1 saturated carbocycles. The SMILES string of the molecule is Cc1ccc(-n2ncc3c(NC(=O)c4cc(CNC(=O)C5(O)CC5)ccc4Cl)cccc32)nn1. The summed E-state index contributed by atoms with van der Waals surface area (Å²) in [5.74, 6) is -0.234. The third-order valence-electron chi connectivity index (χ3n) is 5.74. The number of hydrogen-bond donors (Lipinski definition) is 3. The van der Waals surface area contributed by atoms with E-state index in [9.17, 15) is 14.7 Å². The Bertz CT molecular complexity index is 1410. The van der Waals surface area contributed by atoms with Crippen LogP contribution in [0.3, 0.4) is 0 Å². The molecular formula is C24H21ClN6O3. The summed E-state index contributed by atoms with van der Waals surface area (Å²) >= 11 is 6.30. The molecule has 1 aliphatic carbocycles. The number of aliphatic hydroxyl groups is 1. The molecule has 3 N–H and O–H groups in total. The van der Waals surface area contributed by atoms with Gasteiger partial charge in [-0.1, -0.05) is 23.7 Å². The van der Waals surface area contributed by atoms with Gasteiger partial charge in [0.2, 0.25) is 0 Å². The molecule has 2 aromatic heterocycles.